The number of ether oxygens (including phenoxy) is 1. The van der Waals surface area contributed by atoms with Gasteiger partial charge in [-0.3, -0.25) is 0 Å². The van der Waals surface area contributed by atoms with Crippen molar-refractivity contribution in [3.05, 3.63) is 48.0 Å². The first kappa shape index (κ1) is 15.7. The number of piperazine rings is 1. The van der Waals surface area contributed by atoms with Crippen LogP contribution in [0.4, 0.5) is 5.69 Å². The molecule has 1 aromatic heterocycles. The van der Waals surface area contributed by atoms with Crippen LogP contribution in [0.5, 0.6) is 5.75 Å². The molecule has 3 rings (SSSR count). The summed E-state index contributed by atoms with van der Waals surface area (Å²) >= 11 is 0. The van der Waals surface area contributed by atoms with Gasteiger partial charge in [-0.25, -0.2) is 9.97 Å². The van der Waals surface area contributed by atoms with Gasteiger partial charge in [0.05, 0.1) is 25.2 Å². The highest BCUT2D eigenvalue weighted by atomic mass is 16.5. The number of benzene rings is 1. The highest BCUT2D eigenvalue weighted by molar-refractivity contribution is 5.42. The Morgan fingerprint density at radius 2 is 1.61 bits per heavy atom. The summed E-state index contributed by atoms with van der Waals surface area (Å²) in [4.78, 5) is 13.8. The fraction of sp³-hybridized carbons (Fsp3) is 0.444. The number of hydrogen-bond acceptors (Lipinski definition) is 5. The molecule has 5 nitrogen and oxygen atoms in total. The van der Waals surface area contributed by atoms with Gasteiger partial charge < -0.3 is 14.5 Å². The van der Waals surface area contributed by atoms with Gasteiger partial charge in [-0.05, 0) is 31.2 Å². The standard InChI is InChI=1S/C18H24N4O/c1-21-9-11-22(12-10-21)16-13-19-18(20-14-16)8-5-15-3-6-17(23-2)7-4-15/h3-4,6-7,13-14H,5,8-12H2,1-2H3. The average Bonchev–Trinajstić information content (AvgIpc) is 2.61. The van der Waals surface area contributed by atoms with Crippen LogP contribution in [0.15, 0.2) is 36.7 Å². The summed E-state index contributed by atoms with van der Waals surface area (Å²) in [5.41, 5.74) is 2.41. The van der Waals surface area contributed by atoms with Crippen molar-refractivity contribution in [2.75, 3.05) is 45.2 Å². The van der Waals surface area contributed by atoms with E-state index in [9.17, 15) is 0 Å². The van der Waals surface area contributed by atoms with Crippen LogP contribution in [-0.4, -0.2) is 55.2 Å². The molecule has 0 saturated carbocycles. The molecule has 2 heterocycles. The number of rotatable bonds is 5. The van der Waals surface area contributed by atoms with Crippen LogP contribution in [0, 0.1) is 0 Å². The smallest absolute Gasteiger partial charge is 0.128 e. The van der Waals surface area contributed by atoms with Gasteiger partial charge in [-0.15, -0.1) is 0 Å². The van der Waals surface area contributed by atoms with Gasteiger partial charge in [-0.1, -0.05) is 12.1 Å². The number of nitrogens with zero attached hydrogens (tertiary/aromatic N) is 4. The molecule has 5 heteroatoms. The first-order valence-electron chi connectivity index (χ1n) is 8.12. The lowest BCUT2D eigenvalue weighted by Gasteiger charge is -2.33. The van der Waals surface area contributed by atoms with E-state index in [1.807, 2.05) is 24.5 Å². The molecule has 0 atom stereocenters. The third-order valence-corrected chi connectivity index (χ3v) is 4.36. The molecule has 1 aliphatic rings. The molecule has 0 N–H and O–H groups in total. The lowest BCUT2D eigenvalue weighted by atomic mass is 10.1. The largest absolute Gasteiger partial charge is 0.497 e. The van der Waals surface area contributed by atoms with E-state index < -0.39 is 0 Å². The lowest BCUT2D eigenvalue weighted by molar-refractivity contribution is 0.312. The molecule has 0 amide bonds. The van der Waals surface area contributed by atoms with E-state index in [0.717, 1.165) is 56.3 Å². The minimum absolute atomic E-state index is 0.856. The van der Waals surface area contributed by atoms with Gasteiger partial charge in [0.15, 0.2) is 0 Å². The Bertz CT molecular complexity index is 604. The number of anilines is 1. The Balaban J connectivity index is 1.54. The molecule has 0 aliphatic carbocycles. The third kappa shape index (κ3) is 4.20. The first-order valence-corrected chi connectivity index (χ1v) is 8.12. The van der Waals surface area contributed by atoms with E-state index in [2.05, 4.69) is 38.9 Å². The van der Waals surface area contributed by atoms with Crippen LogP contribution < -0.4 is 9.64 Å². The zero-order chi connectivity index (χ0) is 16.1. The summed E-state index contributed by atoms with van der Waals surface area (Å²) in [5, 5.41) is 0. The van der Waals surface area contributed by atoms with Gasteiger partial charge in [-0.2, -0.15) is 0 Å². The Morgan fingerprint density at radius 1 is 0.957 bits per heavy atom. The summed E-state index contributed by atoms with van der Waals surface area (Å²) in [6, 6.07) is 8.17. The predicted molar refractivity (Wildman–Crippen MR) is 92.1 cm³/mol. The van der Waals surface area contributed by atoms with Crippen molar-refractivity contribution in [1.29, 1.82) is 0 Å². The summed E-state index contributed by atoms with van der Waals surface area (Å²) in [5.74, 6) is 1.79. The lowest BCUT2D eigenvalue weighted by Crippen LogP contribution is -2.44. The molecular formula is C18H24N4O. The Labute approximate surface area is 137 Å². The Kier molecular flexibility index (Phi) is 5.08. The second-order valence-electron chi connectivity index (χ2n) is 6.00. The monoisotopic (exact) mass is 312 g/mol. The van der Waals surface area contributed by atoms with Gasteiger partial charge in [0.2, 0.25) is 0 Å². The molecule has 23 heavy (non-hydrogen) atoms. The van der Waals surface area contributed by atoms with E-state index in [1.165, 1.54) is 5.56 Å². The molecular weight excluding hydrogens is 288 g/mol. The molecule has 1 fully saturated rings. The molecule has 1 aliphatic heterocycles. The number of likely N-dealkylation sites (N-methyl/N-ethyl adjacent to an activating group) is 1. The minimum atomic E-state index is 0.856. The van der Waals surface area contributed by atoms with Crippen molar-refractivity contribution in [1.82, 2.24) is 14.9 Å². The van der Waals surface area contributed by atoms with Gasteiger partial charge in [0, 0.05) is 32.6 Å². The van der Waals surface area contributed by atoms with Crippen molar-refractivity contribution in [3.8, 4) is 5.75 Å². The van der Waals surface area contributed by atoms with Crippen molar-refractivity contribution in [2.24, 2.45) is 0 Å². The highest BCUT2D eigenvalue weighted by Gasteiger charge is 2.14. The zero-order valence-electron chi connectivity index (χ0n) is 13.9. The summed E-state index contributed by atoms with van der Waals surface area (Å²) < 4.78 is 5.18. The van der Waals surface area contributed by atoms with Crippen molar-refractivity contribution >= 4 is 5.69 Å². The van der Waals surface area contributed by atoms with Gasteiger partial charge in [0.25, 0.3) is 0 Å². The number of aryl methyl sites for hydroxylation is 2. The molecule has 0 radical (unpaired) electrons. The maximum absolute atomic E-state index is 5.18. The van der Waals surface area contributed by atoms with Gasteiger partial charge in [0.1, 0.15) is 11.6 Å². The second-order valence-corrected chi connectivity index (χ2v) is 6.00. The highest BCUT2D eigenvalue weighted by Crippen LogP contribution is 2.15. The molecule has 122 valence electrons. The topological polar surface area (TPSA) is 41.5 Å². The van der Waals surface area contributed by atoms with Gasteiger partial charge >= 0.3 is 0 Å². The normalized spacial score (nSPS) is 15.7. The number of aromatic nitrogens is 2. The van der Waals surface area contributed by atoms with Crippen LogP contribution in [0.2, 0.25) is 0 Å². The van der Waals surface area contributed by atoms with E-state index in [4.69, 9.17) is 4.74 Å². The molecule has 2 aromatic rings. The van der Waals surface area contributed by atoms with E-state index in [0.29, 0.717) is 0 Å². The average molecular weight is 312 g/mol. The van der Waals surface area contributed by atoms with E-state index in [-0.39, 0.29) is 0 Å². The summed E-state index contributed by atoms with van der Waals surface area (Å²) in [7, 11) is 3.85. The van der Waals surface area contributed by atoms with E-state index >= 15 is 0 Å². The van der Waals surface area contributed by atoms with Crippen molar-refractivity contribution < 1.29 is 4.74 Å². The molecule has 1 saturated heterocycles. The predicted octanol–water partition coefficient (Wildman–Crippen LogP) is 2.02. The fourth-order valence-corrected chi connectivity index (χ4v) is 2.75. The van der Waals surface area contributed by atoms with Crippen LogP contribution >= 0.6 is 0 Å². The summed E-state index contributed by atoms with van der Waals surface area (Å²) in [6.07, 6.45) is 5.72. The Hall–Kier alpha value is -2.14. The minimum Gasteiger partial charge on any atom is -0.497 e. The third-order valence-electron chi connectivity index (χ3n) is 4.36. The molecule has 0 bridgehead atoms. The van der Waals surface area contributed by atoms with Crippen molar-refractivity contribution in [3.63, 3.8) is 0 Å². The first-order chi connectivity index (χ1) is 11.2. The number of methoxy groups -OCH3 is 1. The van der Waals surface area contributed by atoms with Crippen LogP contribution in [0.1, 0.15) is 11.4 Å². The zero-order valence-corrected chi connectivity index (χ0v) is 13.9. The fourth-order valence-electron chi connectivity index (χ4n) is 2.75. The molecule has 0 unspecified atom stereocenters. The quantitative estimate of drug-likeness (QED) is 0.845. The molecule has 1 aromatic carbocycles. The van der Waals surface area contributed by atoms with Crippen LogP contribution in [0.25, 0.3) is 0 Å². The summed E-state index contributed by atoms with van der Waals surface area (Å²) in [6.45, 7) is 4.29. The molecule has 0 spiro atoms. The maximum Gasteiger partial charge on any atom is 0.128 e. The van der Waals surface area contributed by atoms with Crippen molar-refractivity contribution in [2.45, 2.75) is 12.8 Å². The number of hydrogen-bond donors (Lipinski definition) is 0. The SMILES string of the molecule is COc1ccc(CCc2ncc(N3CCN(C)CC3)cn2)cc1. The second kappa shape index (κ2) is 7.42. The maximum atomic E-state index is 5.18. The van der Waals surface area contributed by atoms with E-state index in [1.54, 1.807) is 7.11 Å². The van der Waals surface area contributed by atoms with Crippen LogP contribution in [0.3, 0.4) is 0 Å². The Morgan fingerprint density at radius 3 is 2.22 bits per heavy atom. The van der Waals surface area contributed by atoms with Crippen LogP contribution in [-0.2, 0) is 12.8 Å².